The molecule has 2 aromatic carbocycles. The van der Waals surface area contributed by atoms with Gasteiger partial charge in [0.2, 0.25) is 5.91 Å². The van der Waals surface area contributed by atoms with Crippen molar-refractivity contribution >= 4 is 29.7 Å². The van der Waals surface area contributed by atoms with E-state index in [0.29, 0.717) is 5.75 Å². The molecule has 0 radical (unpaired) electrons. The summed E-state index contributed by atoms with van der Waals surface area (Å²) in [6.07, 6.45) is 1.58. The zero-order valence-corrected chi connectivity index (χ0v) is 20.1. The van der Waals surface area contributed by atoms with Crippen LogP contribution in [0.2, 0.25) is 0 Å². The van der Waals surface area contributed by atoms with Crippen molar-refractivity contribution in [3.05, 3.63) is 59.7 Å². The molecule has 0 heterocycles. The highest BCUT2D eigenvalue weighted by Gasteiger charge is 2.30. The Hall–Kier alpha value is -3.04. The lowest BCUT2D eigenvalue weighted by molar-refractivity contribution is -0.142. The molecule has 0 saturated carbocycles. The number of fused-ring (bicyclic) bond motifs is 3. The van der Waals surface area contributed by atoms with Crippen molar-refractivity contribution in [2.75, 3.05) is 32.3 Å². The molecule has 34 heavy (non-hydrogen) atoms. The highest BCUT2D eigenvalue weighted by atomic mass is 32.2. The zero-order chi connectivity index (χ0) is 24.5. The van der Waals surface area contributed by atoms with Gasteiger partial charge in [-0.25, -0.2) is 9.59 Å². The van der Waals surface area contributed by atoms with Crippen molar-refractivity contribution in [1.29, 1.82) is 0 Å². The number of carbonyl (C=O) groups is 3. The van der Waals surface area contributed by atoms with E-state index in [1.54, 1.807) is 0 Å². The van der Waals surface area contributed by atoms with E-state index in [9.17, 15) is 19.5 Å². The van der Waals surface area contributed by atoms with Gasteiger partial charge in [0.25, 0.3) is 0 Å². The summed E-state index contributed by atoms with van der Waals surface area (Å²) in [4.78, 5) is 36.9. The number of hydrogen-bond donors (Lipinski definition) is 3. The van der Waals surface area contributed by atoms with Gasteiger partial charge in [0.15, 0.2) is 0 Å². The molecule has 0 fully saturated rings. The Morgan fingerprint density at radius 3 is 2.15 bits per heavy atom. The van der Waals surface area contributed by atoms with Crippen LogP contribution in [0, 0.1) is 0 Å². The number of carboxylic acid groups (broad SMARTS) is 1. The third kappa shape index (κ3) is 6.30. The minimum absolute atomic E-state index is 0.104. The Morgan fingerprint density at radius 1 is 0.971 bits per heavy atom. The van der Waals surface area contributed by atoms with E-state index < -0.39 is 30.1 Å². The van der Waals surface area contributed by atoms with Crippen LogP contribution in [-0.2, 0) is 19.1 Å². The fourth-order valence-electron chi connectivity index (χ4n) is 4.05. The third-order valence-electron chi connectivity index (χ3n) is 5.79. The SMILES string of the molecule is COCCC(NC(=O)OCC1c2ccccc2-c2ccccc21)C(=O)NC(CCSC)C(=O)O. The summed E-state index contributed by atoms with van der Waals surface area (Å²) in [5, 5.41) is 14.5. The second kappa shape index (κ2) is 12.4. The Bertz CT molecular complexity index is 969. The van der Waals surface area contributed by atoms with Gasteiger partial charge in [0.05, 0.1) is 0 Å². The standard InChI is InChI=1S/C25H30N2O6S/c1-32-13-11-21(23(28)26-22(24(29)30)12-14-34-2)27-25(31)33-15-20-18-9-5-3-7-16(18)17-8-4-6-10-19(17)20/h3-10,20-22H,11-15H2,1-2H3,(H,26,28)(H,27,31)(H,29,30). The van der Waals surface area contributed by atoms with Crippen LogP contribution < -0.4 is 10.6 Å². The second-order valence-corrected chi connectivity index (χ2v) is 8.97. The largest absolute Gasteiger partial charge is 0.480 e. The molecule has 8 nitrogen and oxygen atoms in total. The number of rotatable bonds is 12. The van der Waals surface area contributed by atoms with Crippen molar-refractivity contribution in [3.8, 4) is 11.1 Å². The summed E-state index contributed by atoms with van der Waals surface area (Å²) >= 11 is 1.49. The molecule has 1 aliphatic carbocycles. The van der Waals surface area contributed by atoms with Crippen molar-refractivity contribution in [1.82, 2.24) is 10.6 Å². The molecule has 182 valence electrons. The van der Waals surface area contributed by atoms with E-state index in [-0.39, 0.29) is 32.0 Å². The molecule has 3 rings (SSSR count). The van der Waals surface area contributed by atoms with Crippen molar-refractivity contribution in [2.24, 2.45) is 0 Å². The molecule has 0 bridgehead atoms. The number of carbonyl (C=O) groups excluding carboxylic acids is 2. The molecule has 0 spiro atoms. The first kappa shape index (κ1) is 25.6. The first-order valence-electron chi connectivity index (χ1n) is 11.1. The maximum atomic E-state index is 12.7. The summed E-state index contributed by atoms with van der Waals surface area (Å²) in [5.41, 5.74) is 4.41. The van der Waals surface area contributed by atoms with Gasteiger partial charge >= 0.3 is 12.1 Å². The maximum absolute atomic E-state index is 12.7. The number of methoxy groups -OCH3 is 1. The number of aliphatic carboxylic acids is 1. The topological polar surface area (TPSA) is 114 Å². The number of alkyl carbamates (subject to hydrolysis) is 1. The summed E-state index contributed by atoms with van der Waals surface area (Å²) < 4.78 is 10.6. The van der Waals surface area contributed by atoms with Crippen LogP contribution in [0.25, 0.3) is 11.1 Å². The molecule has 2 unspecified atom stereocenters. The summed E-state index contributed by atoms with van der Waals surface area (Å²) in [6, 6.07) is 14.0. The number of thioether (sulfide) groups is 1. The summed E-state index contributed by atoms with van der Waals surface area (Å²) in [7, 11) is 1.49. The Morgan fingerprint density at radius 2 is 1.59 bits per heavy atom. The van der Waals surface area contributed by atoms with Crippen LogP contribution >= 0.6 is 11.8 Å². The van der Waals surface area contributed by atoms with Crippen molar-refractivity contribution in [3.63, 3.8) is 0 Å². The highest BCUT2D eigenvalue weighted by molar-refractivity contribution is 7.98. The fraction of sp³-hybridized carbons (Fsp3) is 0.400. The smallest absolute Gasteiger partial charge is 0.407 e. The third-order valence-corrected chi connectivity index (χ3v) is 6.43. The minimum Gasteiger partial charge on any atom is -0.480 e. The van der Waals surface area contributed by atoms with E-state index >= 15 is 0 Å². The summed E-state index contributed by atoms with van der Waals surface area (Å²) in [5.74, 6) is -1.22. The molecule has 2 atom stereocenters. The number of ether oxygens (including phenoxy) is 2. The quantitative estimate of drug-likeness (QED) is 0.422. The van der Waals surface area contributed by atoms with Gasteiger partial charge < -0.3 is 25.2 Å². The van der Waals surface area contributed by atoms with Gasteiger partial charge in [-0.05, 0) is 40.7 Å². The molecular formula is C25H30N2O6S. The molecule has 3 N–H and O–H groups in total. The number of amides is 2. The van der Waals surface area contributed by atoms with Gasteiger partial charge in [0.1, 0.15) is 18.7 Å². The van der Waals surface area contributed by atoms with E-state index in [1.165, 1.54) is 18.9 Å². The first-order valence-corrected chi connectivity index (χ1v) is 12.5. The van der Waals surface area contributed by atoms with E-state index in [1.807, 2.05) is 42.7 Å². The average molecular weight is 487 g/mol. The first-order chi connectivity index (χ1) is 16.5. The Labute approximate surface area is 203 Å². The van der Waals surface area contributed by atoms with Crippen molar-refractivity contribution in [2.45, 2.75) is 30.8 Å². The molecule has 0 saturated heterocycles. The van der Waals surface area contributed by atoms with Gasteiger partial charge in [-0.1, -0.05) is 48.5 Å². The molecule has 0 aliphatic heterocycles. The van der Waals surface area contributed by atoms with Gasteiger partial charge in [-0.2, -0.15) is 11.8 Å². The molecular weight excluding hydrogens is 456 g/mol. The Kier molecular flexibility index (Phi) is 9.35. The normalized spacial score (nSPS) is 13.9. The van der Waals surface area contributed by atoms with Gasteiger partial charge in [-0.15, -0.1) is 0 Å². The maximum Gasteiger partial charge on any atom is 0.407 e. The number of nitrogens with one attached hydrogen (secondary N) is 2. The Balaban J connectivity index is 1.64. The summed E-state index contributed by atoms with van der Waals surface area (Å²) in [6.45, 7) is 0.328. The second-order valence-electron chi connectivity index (χ2n) is 7.98. The zero-order valence-electron chi connectivity index (χ0n) is 19.3. The van der Waals surface area contributed by atoms with Crippen LogP contribution in [0.4, 0.5) is 4.79 Å². The molecule has 9 heteroatoms. The van der Waals surface area contributed by atoms with Gasteiger partial charge in [-0.3, -0.25) is 4.79 Å². The number of hydrogen-bond acceptors (Lipinski definition) is 6. The predicted octanol–water partition coefficient (Wildman–Crippen LogP) is 3.25. The molecule has 0 aromatic heterocycles. The molecule has 1 aliphatic rings. The lowest BCUT2D eigenvalue weighted by atomic mass is 9.98. The van der Waals surface area contributed by atoms with Crippen LogP contribution in [0.15, 0.2) is 48.5 Å². The van der Waals surface area contributed by atoms with Gasteiger partial charge in [0, 0.05) is 26.1 Å². The van der Waals surface area contributed by atoms with E-state index in [0.717, 1.165) is 22.3 Å². The van der Waals surface area contributed by atoms with Crippen molar-refractivity contribution < 1.29 is 29.0 Å². The lowest BCUT2D eigenvalue weighted by Crippen LogP contribution is -2.52. The van der Waals surface area contributed by atoms with Crippen LogP contribution in [0.5, 0.6) is 0 Å². The monoisotopic (exact) mass is 486 g/mol. The van der Waals surface area contributed by atoms with Crippen LogP contribution in [0.1, 0.15) is 29.9 Å². The van der Waals surface area contributed by atoms with Crippen LogP contribution in [-0.4, -0.2) is 67.5 Å². The van der Waals surface area contributed by atoms with E-state index in [2.05, 4.69) is 22.8 Å². The average Bonchev–Trinajstić information content (AvgIpc) is 3.16. The van der Waals surface area contributed by atoms with Crippen LogP contribution in [0.3, 0.4) is 0 Å². The molecule has 2 amide bonds. The number of carboxylic acids is 1. The lowest BCUT2D eigenvalue weighted by Gasteiger charge is -2.21. The predicted molar refractivity (Wildman–Crippen MR) is 131 cm³/mol. The minimum atomic E-state index is -1.12. The number of benzene rings is 2. The highest BCUT2D eigenvalue weighted by Crippen LogP contribution is 2.44. The molecule has 2 aromatic rings. The fourth-order valence-corrected chi connectivity index (χ4v) is 4.52. The van der Waals surface area contributed by atoms with E-state index in [4.69, 9.17) is 9.47 Å².